The number of ether oxygens (including phenoxy) is 1. The van der Waals surface area contributed by atoms with Crippen LogP contribution in [0.25, 0.3) is 0 Å². The Morgan fingerprint density at radius 3 is 2.80 bits per heavy atom. The molecule has 0 unspecified atom stereocenters. The molecule has 2 amide bonds. The van der Waals surface area contributed by atoms with Crippen LogP contribution in [0.4, 0.5) is 14.9 Å². The van der Waals surface area contributed by atoms with Crippen molar-refractivity contribution >= 4 is 29.3 Å². The molecule has 0 spiro atoms. The molecule has 0 radical (unpaired) electrons. The van der Waals surface area contributed by atoms with Gasteiger partial charge in [0.25, 0.3) is 5.91 Å². The number of halogens is 2. The lowest BCUT2D eigenvalue weighted by atomic mass is 9.97. The van der Waals surface area contributed by atoms with Crippen molar-refractivity contribution in [3.05, 3.63) is 58.4 Å². The highest BCUT2D eigenvalue weighted by Gasteiger charge is 2.27. The van der Waals surface area contributed by atoms with E-state index in [1.807, 2.05) is 0 Å². The quantitative estimate of drug-likeness (QED) is 0.772. The molecule has 0 aromatic heterocycles. The molecule has 2 aromatic rings. The first-order valence-electron chi connectivity index (χ1n) is 7.47. The summed E-state index contributed by atoms with van der Waals surface area (Å²) in [6.45, 7) is 0.282. The van der Waals surface area contributed by atoms with Gasteiger partial charge in [-0.05, 0) is 24.3 Å². The maximum absolute atomic E-state index is 13.2. The van der Waals surface area contributed by atoms with E-state index in [4.69, 9.17) is 21.4 Å². The van der Waals surface area contributed by atoms with Crippen molar-refractivity contribution in [2.75, 3.05) is 11.9 Å². The number of nitrogens with one attached hydrogen (secondary N) is 2. The summed E-state index contributed by atoms with van der Waals surface area (Å²) in [5, 5.41) is 13.9. The molecule has 3 N–H and O–H groups in total. The largest absolute Gasteiger partial charge is 0.492 e. The first kappa shape index (κ1) is 17.0. The Bertz CT molecular complexity index is 843. The maximum Gasteiger partial charge on any atom is 0.405 e. The van der Waals surface area contributed by atoms with Crippen LogP contribution >= 0.6 is 11.6 Å². The Morgan fingerprint density at radius 1 is 1.28 bits per heavy atom. The number of fused-ring (bicyclic) bond motifs is 1. The number of para-hydroxylation sites is 1. The van der Waals surface area contributed by atoms with E-state index in [9.17, 15) is 14.0 Å². The van der Waals surface area contributed by atoms with Crippen LogP contribution in [-0.4, -0.2) is 23.7 Å². The zero-order chi connectivity index (χ0) is 18.0. The molecular weight excluding hydrogens is 351 g/mol. The average Bonchev–Trinajstić information content (AvgIpc) is 2.57. The van der Waals surface area contributed by atoms with Gasteiger partial charge in [-0.25, -0.2) is 9.18 Å². The van der Waals surface area contributed by atoms with E-state index >= 15 is 0 Å². The van der Waals surface area contributed by atoms with Crippen LogP contribution in [0.3, 0.4) is 0 Å². The summed E-state index contributed by atoms with van der Waals surface area (Å²) in [6.07, 6.45) is -0.675. The van der Waals surface area contributed by atoms with Crippen molar-refractivity contribution in [2.45, 2.75) is 12.5 Å². The van der Waals surface area contributed by atoms with Crippen LogP contribution in [0.2, 0.25) is 5.02 Å². The van der Waals surface area contributed by atoms with E-state index in [0.717, 1.165) is 6.07 Å². The predicted molar refractivity (Wildman–Crippen MR) is 89.8 cm³/mol. The lowest BCUT2D eigenvalue weighted by molar-refractivity contribution is 0.102. The molecule has 8 heteroatoms. The molecule has 0 saturated carbocycles. The normalized spacial score (nSPS) is 15.7. The summed E-state index contributed by atoms with van der Waals surface area (Å²) >= 11 is 5.71. The third-order valence-corrected chi connectivity index (χ3v) is 4.08. The van der Waals surface area contributed by atoms with Gasteiger partial charge in [-0.15, -0.1) is 0 Å². The highest BCUT2D eigenvalue weighted by Crippen LogP contribution is 2.35. The molecule has 6 nitrogen and oxygen atoms in total. The van der Waals surface area contributed by atoms with E-state index in [1.54, 1.807) is 18.2 Å². The van der Waals surface area contributed by atoms with Crippen LogP contribution in [0.1, 0.15) is 28.4 Å². The Balaban J connectivity index is 1.88. The van der Waals surface area contributed by atoms with Gasteiger partial charge >= 0.3 is 6.09 Å². The fraction of sp³-hybridized carbons (Fsp3) is 0.176. The van der Waals surface area contributed by atoms with Crippen LogP contribution in [-0.2, 0) is 0 Å². The number of carbonyl (C=O) groups excluding carboxylic acids is 1. The monoisotopic (exact) mass is 364 g/mol. The Labute approximate surface area is 147 Å². The summed E-state index contributed by atoms with van der Waals surface area (Å²) in [6, 6.07) is 8.33. The van der Waals surface area contributed by atoms with Crippen molar-refractivity contribution < 1.29 is 23.8 Å². The first-order valence-corrected chi connectivity index (χ1v) is 7.85. The molecule has 3 rings (SSSR count). The van der Waals surface area contributed by atoms with Gasteiger partial charge in [-0.3, -0.25) is 4.79 Å². The predicted octanol–water partition coefficient (Wildman–Crippen LogP) is 3.82. The minimum Gasteiger partial charge on any atom is -0.492 e. The van der Waals surface area contributed by atoms with Crippen LogP contribution in [0.15, 0.2) is 36.4 Å². The molecule has 1 aliphatic heterocycles. The van der Waals surface area contributed by atoms with Gasteiger partial charge in [0.15, 0.2) is 0 Å². The minimum absolute atomic E-state index is 0.102. The number of amides is 2. The lowest BCUT2D eigenvalue weighted by Gasteiger charge is -2.27. The van der Waals surface area contributed by atoms with E-state index < -0.39 is 23.9 Å². The highest BCUT2D eigenvalue weighted by molar-refractivity contribution is 6.31. The smallest absolute Gasteiger partial charge is 0.405 e. The van der Waals surface area contributed by atoms with Crippen LogP contribution < -0.4 is 15.4 Å². The second kappa shape index (κ2) is 6.98. The van der Waals surface area contributed by atoms with E-state index in [2.05, 4.69) is 10.6 Å². The molecule has 1 atom stereocenters. The molecule has 2 aromatic carbocycles. The zero-order valence-electron chi connectivity index (χ0n) is 12.9. The minimum atomic E-state index is -1.14. The number of benzene rings is 2. The molecule has 0 aliphatic carbocycles. The highest BCUT2D eigenvalue weighted by atomic mass is 35.5. The standard InChI is InChI=1S/C17H14ClFN2O4/c18-12-8-9(4-5-13(12)19)20-16(22)11-3-1-2-10-14(21-17(23)24)6-7-25-15(10)11/h1-5,8,14,21H,6-7H2,(H,20,22)(H,23,24)/t14-/m0/s1. The van der Waals surface area contributed by atoms with E-state index in [0.29, 0.717) is 23.4 Å². The Hall–Kier alpha value is -2.80. The van der Waals surface area contributed by atoms with Crippen molar-refractivity contribution in [3.8, 4) is 5.75 Å². The van der Waals surface area contributed by atoms with Crippen molar-refractivity contribution in [3.63, 3.8) is 0 Å². The topological polar surface area (TPSA) is 87.7 Å². The number of carbonyl (C=O) groups is 2. The van der Waals surface area contributed by atoms with Gasteiger partial charge in [0.1, 0.15) is 11.6 Å². The third kappa shape index (κ3) is 3.66. The average molecular weight is 365 g/mol. The maximum atomic E-state index is 13.2. The summed E-state index contributed by atoms with van der Waals surface area (Å²) in [7, 11) is 0. The van der Waals surface area contributed by atoms with E-state index in [-0.39, 0.29) is 17.2 Å². The summed E-state index contributed by atoms with van der Waals surface area (Å²) in [5.74, 6) is -0.712. The van der Waals surface area contributed by atoms with Crippen molar-refractivity contribution in [1.82, 2.24) is 5.32 Å². The van der Waals surface area contributed by atoms with Gasteiger partial charge < -0.3 is 20.5 Å². The number of carboxylic acid groups (broad SMARTS) is 1. The molecule has 25 heavy (non-hydrogen) atoms. The fourth-order valence-corrected chi connectivity index (χ4v) is 2.86. The number of anilines is 1. The lowest BCUT2D eigenvalue weighted by Crippen LogP contribution is -2.31. The molecule has 0 bridgehead atoms. The molecule has 130 valence electrons. The second-order valence-corrected chi connectivity index (χ2v) is 5.85. The summed E-state index contributed by atoms with van der Waals surface area (Å²) < 4.78 is 18.8. The zero-order valence-corrected chi connectivity index (χ0v) is 13.6. The molecule has 0 fully saturated rings. The Morgan fingerprint density at radius 2 is 2.08 bits per heavy atom. The second-order valence-electron chi connectivity index (χ2n) is 5.45. The molecular formula is C17H14ClFN2O4. The van der Waals surface area contributed by atoms with E-state index in [1.165, 1.54) is 12.1 Å². The van der Waals surface area contributed by atoms with Gasteiger partial charge in [0, 0.05) is 17.7 Å². The number of hydrogen-bond acceptors (Lipinski definition) is 3. The fourth-order valence-electron chi connectivity index (χ4n) is 2.67. The molecule has 0 saturated heterocycles. The van der Waals surface area contributed by atoms with Gasteiger partial charge in [-0.1, -0.05) is 23.7 Å². The SMILES string of the molecule is O=C(O)N[C@H]1CCOc2c(C(=O)Nc3ccc(F)c(Cl)c3)cccc21. The van der Waals surface area contributed by atoms with Gasteiger partial charge in [0.05, 0.1) is 23.2 Å². The van der Waals surface area contributed by atoms with Crippen LogP contribution in [0, 0.1) is 5.82 Å². The van der Waals surface area contributed by atoms with Gasteiger partial charge in [0.2, 0.25) is 0 Å². The molecule has 1 aliphatic rings. The van der Waals surface area contributed by atoms with Gasteiger partial charge in [-0.2, -0.15) is 0 Å². The van der Waals surface area contributed by atoms with Crippen molar-refractivity contribution in [1.29, 1.82) is 0 Å². The summed E-state index contributed by atoms with van der Waals surface area (Å²) in [5.41, 5.74) is 1.19. The Kier molecular flexibility index (Phi) is 4.76. The number of rotatable bonds is 3. The molecule has 1 heterocycles. The van der Waals surface area contributed by atoms with Crippen molar-refractivity contribution in [2.24, 2.45) is 0 Å². The van der Waals surface area contributed by atoms with Crippen LogP contribution in [0.5, 0.6) is 5.75 Å². The summed E-state index contributed by atoms with van der Waals surface area (Å²) in [4.78, 5) is 23.5. The first-order chi connectivity index (χ1) is 12.0. The third-order valence-electron chi connectivity index (χ3n) is 3.79. The number of hydrogen-bond donors (Lipinski definition) is 3.